The SMILES string of the molecule is Cc1cc(N)c(NC(=O)c2ccccc2Br)cc1N1CCCC[C@H]1C. The lowest BCUT2D eigenvalue weighted by molar-refractivity contribution is 0.102. The number of hydrogen-bond donors (Lipinski definition) is 2. The average molecular weight is 402 g/mol. The van der Waals surface area contributed by atoms with Crippen LogP contribution in [0.2, 0.25) is 0 Å². The van der Waals surface area contributed by atoms with E-state index in [1.54, 1.807) is 6.07 Å². The number of anilines is 3. The highest BCUT2D eigenvalue weighted by atomic mass is 79.9. The number of nitrogens with one attached hydrogen (secondary N) is 1. The maximum atomic E-state index is 12.6. The number of carbonyl (C=O) groups excluding carboxylic acids is 1. The number of aryl methyl sites for hydroxylation is 1. The molecular weight excluding hydrogens is 378 g/mol. The molecule has 2 aromatic rings. The monoisotopic (exact) mass is 401 g/mol. The summed E-state index contributed by atoms with van der Waals surface area (Å²) in [5, 5.41) is 2.97. The van der Waals surface area contributed by atoms with Crippen LogP contribution in [0.15, 0.2) is 40.9 Å². The Bertz CT molecular complexity index is 791. The van der Waals surface area contributed by atoms with Gasteiger partial charge in [-0.25, -0.2) is 0 Å². The molecule has 2 aromatic carbocycles. The summed E-state index contributed by atoms with van der Waals surface area (Å²) in [5.74, 6) is -0.166. The van der Waals surface area contributed by atoms with E-state index in [1.165, 1.54) is 19.3 Å². The second-order valence-corrected chi connectivity index (χ2v) is 7.55. The van der Waals surface area contributed by atoms with Crippen LogP contribution < -0.4 is 16.0 Å². The second-order valence-electron chi connectivity index (χ2n) is 6.70. The number of nitrogens with two attached hydrogens (primary N) is 1. The first-order valence-electron chi connectivity index (χ1n) is 8.70. The third-order valence-corrected chi connectivity index (χ3v) is 5.54. The molecule has 1 saturated heterocycles. The first-order chi connectivity index (χ1) is 12.0. The quantitative estimate of drug-likeness (QED) is 0.713. The van der Waals surface area contributed by atoms with Crippen LogP contribution in [-0.2, 0) is 0 Å². The van der Waals surface area contributed by atoms with Crippen LogP contribution in [0.1, 0.15) is 42.1 Å². The van der Waals surface area contributed by atoms with E-state index in [0.717, 1.165) is 22.3 Å². The van der Waals surface area contributed by atoms with Crippen LogP contribution in [0.3, 0.4) is 0 Å². The van der Waals surface area contributed by atoms with E-state index in [0.29, 0.717) is 23.0 Å². The van der Waals surface area contributed by atoms with Crippen LogP contribution in [0.4, 0.5) is 17.1 Å². The Morgan fingerprint density at radius 2 is 2.04 bits per heavy atom. The van der Waals surface area contributed by atoms with Gasteiger partial charge in [0.2, 0.25) is 0 Å². The largest absolute Gasteiger partial charge is 0.397 e. The van der Waals surface area contributed by atoms with Crippen LogP contribution in [0.25, 0.3) is 0 Å². The molecule has 3 N–H and O–H groups in total. The summed E-state index contributed by atoms with van der Waals surface area (Å²) >= 11 is 3.42. The zero-order chi connectivity index (χ0) is 18.0. The van der Waals surface area contributed by atoms with Gasteiger partial charge in [-0.3, -0.25) is 4.79 Å². The number of rotatable bonds is 3. The number of halogens is 1. The van der Waals surface area contributed by atoms with Crippen LogP contribution in [0, 0.1) is 6.92 Å². The Kier molecular flexibility index (Phi) is 5.33. The van der Waals surface area contributed by atoms with E-state index < -0.39 is 0 Å². The highest BCUT2D eigenvalue weighted by Crippen LogP contribution is 2.34. The molecule has 0 aromatic heterocycles. The smallest absolute Gasteiger partial charge is 0.256 e. The van der Waals surface area contributed by atoms with Crippen LogP contribution >= 0.6 is 15.9 Å². The van der Waals surface area contributed by atoms with Gasteiger partial charge in [-0.1, -0.05) is 12.1 Å². The molecule has 4 nitrogen and oxygen atoms in total. The molecule has 0 bridgehead atoms. The summed E-state index contributed by atoms with van der Waals surface area (Å²) in [6.07, 6.45) is 3.67. The number of nitrogens with zero attached hydrogens (tertiary/aromatic N) is 1. The molecule has 1 heterocycles. The number of amides is 1. The molecule has 0 saturated carbocycles. The van der Waals surface area contributed by atoms with E-state index >= 15 is 0 Å². The number of benzene rings is 2. The maximum Gasteiger partial charge on any atom is 0.256 e. The molecule has 0 radical (unpaired) electrons. The first kappa shape index (κ1) is 17.8. The molecule has 1 amide bonds. The van der Waals surface area contributed by atoms with Gasteiger partial charge in [-0.15, -0.1) is 0 Å². The van der Waals surface area contributed by atoms with Gasteiger partial charge in [0.25, 0.3) is 5.91 Å². The fourth-order valence-electron chi connectivity index (χ4n) is 3.43. The van der Waals surface area contributed by atoms with Crippen molar-refractivity contribution < 1.29 is 4.79 Å². The van der Waals surface area contributed by atoms with Gasteiger partial charge in [-0.2, -0.15) is 0 Å². The zero-order valence-corrected chi connectivity index (χ0v) is 16.3. The van der Waals surface area contributed by atoms with Crippen molar-refractivity contribution in [2.45, 2.75) is 39.2 Å². The number of carbonyl (C=O) groups is 1. The predicted molar refractivity (Wildman–Crippen MR) is 108 cm³/mol. The third-order valence-electron chi connectivity index (χ3n) is 4.85. The Morgan fingerprint density at radius 3 is 2.76 bits per heavy atom. The molecule has 3 rings (SSSR count). The van der Waals surface area contributed by atoms with Gasteiger partial charge in [0.15, 0.2) is 0 Å². The van der Waals surface area contributed by atoms with Gasteiger partial charge in [-0.05, 0) is 78.9 Å². The average Bonchev–Trinajstić information content (AvgIpc) is 2.58. The van der Waals surface area contributed by atoms with Crippen molar-refractivity contribution in [3.8, 4) is 0 Å². The van der Waals surface area contributed by atoms with Gasteiger partial charge >= 0.3 is 0 Å². The molecule has 132 valence electrons. The van der Waals surface area contributed by atoms with Crippen LogP contribution in [0.5, 0.6) is 0 Å². The van der Waals surface area contributed by atoms with Crippen LogP contribution in [-0.4, -0.2) is 18.5 Å². The lowest BCUT2D eigenvalue weighted by Crippen LogP contribution is -2.37. The molecular formula is C20H24BrN3O. The Labute approximate surface area is 157 Å². The molecule has 1 aliphatic heterocycles. The van der Waals surface area contributed by atoms with Crippen molar-refractivity contribution in [1.82, 2.24) is 0 Å². The summed E-state index contributed by atoms with van der Waals surface area (Å²) in [7, 11) is 0. The highest BCUT2D eigenvalue weighted by molar-refractivity contribution is 9.10. The number of nitrogen functional groups attached to an aromatic ring is 1. The highest BCUT2D eigenvalue weighted by Gasteiger charge is 2.21. The minimum absolute atomic E-state index is 0.166. The standard InChI is InChI=1S/C20H24BrN3O/c1-13-11-17(22)18(12-19(13)24-10-6-5-7-14(24)2)23-20(25)15-8-3-4-9-16(15)21/h3-4,8-9,11-12,14H,5-7,10,22H2,1-2H3,(H,23,25)/t14-/m1/s1. The fraction of sp³-hybridized carbons (Fsp3) is 0.350. The van der Waals surface area contributed by atoms with Gasteiger partial charge in [0, 0.05) is 22.7 Å². The van der Waals surface area contributed by atoms with Crippen molar-refractivity contribution >= 4 is 38.9 Å². The molecule has 0 unspecified atom stereocenters. The summed E-state index contributed by atoms with van der Waals surface area (Å²) in [4.78, 5) is 15.0. The number of hydrogen-bond acceptors (Lipinski definition) is 3. The lowest BCUT2D eigenvalue weighted by atomic mass is 10.0. The molecule has 1 aliphatic rings. The van der Waals surface area contributed by atoms with Gasteiger partial charge in [0.1, 0.15) is 0 Å². The number of piperidine rings is 1. The van der Waals surface area contributed by atoms with Crippen molar-refractivity contribution in [2.75, 3.05) is 22.5 Å². The van der Waals surface area contributed by atoms with E-state index in [2.05, 4.69) is 40.0 Å². The summed E-state index contributed by atoms with van der Waals surface area (Å²) in [6.45, 7) is 5.38. The minimum Gasteiger partial charge on any atom is -0.397 e. The molecule has 1 atom stereocenters. The topological polar surface area (TPSA) is 58.4 Å². The van der Waals surface area contributed by atoms with E-state index in [4.69, 9.17) is 5.73 Å². The van der Waals surface area contributed by atoms with Crippen molar-refractivity contribution in [1.29, 1.82) is 0 Å². The fourth-order valence-corrected chi connectivity index (χ4v) is 3.89. The lowest BCUT2D eigenvalue weighted by Gasteiger charge is -2.36. The van der Waals surface area contributed by atoms with Gasteiger partial charge in [0.05, 0.1) is 16.9 Å². The Hall–Kier alpha value is -2.01. The molecule has 5 heteroatoms. The summed E-state index contributed by atoms with van der Waals surface area (Å²) < 4.78 is 0.767. The Morgan fingerprint density at radius 1 is 1.28 bits per heavy atom. The van der Waals surface area contributed by atoms with Crippen molar-refractivity contribution in [2.24, 2.45) is 0 Å². The minimum atomic E-state index is -0.166. The molecule has 1 fully saturated rings. The maximum absolute atomic E-state index is 12.6. The summed E-state index contributed by atoms with van der Waals surface area (Å²) in [5.41, 5.74) is 10.3. The normalized spacial score (nSPS) is 17.4. The third kappa shape index (κ3) is 3.82. The zero-order valence-electron chi connectivity index (χ0n) is 14.7. The van der Waals surface area contributed by atoms with E-state index in [-0.39, 0.29) is 5.91 Å². The van der Waals surface area contributed by atoms with Gasteiger partial charge < -0.3 is 16.0 Å². The predicted octanol–water partition coefficient (Wildman–Crippen LogP) is 4.97. The second kappa shape index (κ2) is 7.48. The molecule has 25 heavy (non-hydrogen) atoms. The van der Waals surface area contributed by atoms with E-state index in [9.17, 15) is 4.79 Å². The molecule has 0 spiro atoms. The first-order valence-corrected chi connectivity index (χ1v) is 9.49. The Balaban J connectivity index is 1.90. The van der Waals surface area contributed by atoms with E-state index in [1.807, 2.05) is 30.3 Å². The van der Waals surface area contributed by atoms with Crippen molar-refractivity contribution in [3.63, 3.8) is 0 Å². The molecule has 0 aliphatic carbocycles. The van der Waals surface area contributed by atoms with Crippen molar-refractivity contribution in [3.05, 3.63) is 52.0 Å². The summed E-state index contributed by atoms with van der Waals surface area (Å²) in [6, 6.07) is 11.8.